The standard InChI is InChI=1S/C21H40O4/c1-15(11-17(3)14-25-21(7,8)9)10-16(2)13-24-19(23)12-18(22)20(4,5)6/h15-17H,10-14H2,1-9H3/t15-,16+,17-/m1/s1. The molecule has 0 amide bonds. The fourth-order valence-electron chi connectivity index (χ4n) is 2.68. The topological polar surface area (TPSA) is 52.6 Å². The van der Waals surface area contributed by atoms with Gasteiger partial charge in [0.1, 0.15) is 12.2 Å². The molecular formula is C21H40O4. The monoisotopic (exact) mass is 356 g/mol. The van der Waals surface area contributed by atoms with E-state index in [1.165, 1.54) is 0 Å². The Hall–Kier alpha value is -0.900. The van der Waals surface area contributed by atoms with Gasteiger partial charge in [0.2, 0.25) is 0 Å². The summed E-state index contributed by atoms with van der Waals surface area (Å²) in [5, 5.41) is 0. The molecule has 0 rings (SSSR count). The van der Waals surface area contributed by atoms with Crippen molar-refractivity contribution in [2.75, 3.05) is 13.2 Å². The summed E-state index contributed by atoms with van der Waals surface area (Å²) in [6.07, 6.45) is 1.96. The number of hydrogen-bond acceptors (Lipinski definition) is 4. The number of esters is 1. The molecule has 0 radical (unpaired) electrons. The third-order valence-corrected chi connectivity index (χ3v) is 4.08. The van der Waals surface area contributed by atoms with Gasteiger partial charge in [-0.3, -0.25) is 9.59 Å². The predicted molar refractivity (Wildman–Crippen MR) is 102 cm³/mol. The maximum atomic E-state index is 11.8. The summed E-state index contributed by atoms with van der Waals surface area (Å²) in [5.74, 6) is 0.855. The Morgan fingerprint density at radius 1 is 0.800 bits per heavy atom. The molecule has 25 heavy (non-hydrogen) atoms. The molecule has 0 aromatic carbocycles. The van der Waals surface area contributed by atoms with E-state index in [4.69, 9.17) is 9.47 Å². The van der Waals surface area contributed by atoms with Crippen LogP contribution in [0, 0.1) is 23.2 Å². The smallest absolute Gasteiger partial charge is 0.313 e. The largest absolute Gasteiger partial charge is 0.465 e. The number of ether oxygens (including phenoxy) is 2. The molecule has 0 spiro atoms. The molecule has 0 unspecified atom stereocenters. The fourth-order valence-corrected chi connectivity index (χ4v) is 2.68. The van der Waals surface area contributed by atoms with Crippen molar-refractivity contribution in [3.8, 4) is 0 Å². The number of carbonyl (C=O) groups is 2. The van der Waals surface area contributed by atoms with Crippen LogP contribution in [-0.4, -0.2) is 30.6 Å². The van der Waals surface area contributed by atoms with Crippen LogP contribution in [0.25, 0.3) is 0 Å². The van der Waals surface area contributed by atoms with Crippen molar-refractivity contribution in [2.45, 2.75) is 87.2 Å². The van der Waals surface area contributed by atoms with Crippen molar-refractivity contribution in [1.82, 2.24) is 0 Å². The maximum Gasteiger partial charge on any atom is 0.313 e. The van der Waals surface area contributed by atoms with Crippen LogP contribution < -0.4 is 0 Å². The van der Waals surface area contributed by atoms with Crippen LogP contribution in [0.15, 0.2) is 0 Å². The molecule has 0 N–H and O–H groups in total. The summed E-state index contributed by atoms with van der Waals surface area (Å²) < 4.78 is 11.1. The van der Waals surface area contributed by atoms with Gasteiger partial charge in [0.15, 0.2) is 0 Å². The first-order chi connectivity index (χ1) is 11.2. The minimum absolute atomic E-state index is 0.0776. The summed E-state index contributed by atoms with van der Waals surface area (Å²) in [4.78, 5) is 23.6. The number of ketones is 1. The van der Waals surface area contributed by atoms with Gasteiger partial charge in [0.05, 0.1) is 12.2 Å². The zero-order valence-electron chi connectivity index (χ0n) is 17.9. The van der Waals surface area contributed by atoms with E-state index < -0.39 is 11.4 Å². The first kappa shape index (κ1) is 24.1. The van der Waals surface area contributed by atoms with E-state index in [1.807, 2.05) is 20.8 Å². The maximum absolute atomic E-state index is 11.8. The molecule has 0 saturated heterocycles. The Kier molecular flexibility index (Phi) is 9.93. The van der Waals surface area contributed by atoms with E-state index in [9.17, 15) is 9.59 Å². The molecule has 0 aromatic rings. The zero-order chi connectivity index (χ0) is 19.8. The highest BCUT2D eigenvalue weighted by Crippen LogP contribution is 2.22. The first-order valence-corrected chi connectivity index (χ1v) is 9.53. The van der Waals surface area contributed by atoms with Crippen LogP contribution in [0.5, 0.6) is 0 Å². The number of Topliss-reactive ketones (excluding diaryl/α,β-unsaturated/α-hetero) is 1. The van der Waals surface area contributed by atoms with Crippen molar-refractivity contribution < 1.29 is 19.1 Å². The Balaban J connectivity index is 4.07. The van der Waals surface area contributed by atoms with Crippen molar-refractivity contribution in [3.05, 3.63) is 0 Å². The molecule has 4 heteroatoms. The van der Waals surface area contributed by atoms with Crippen molar-refractivity contribution in [2.24, 2.45) is 23.2 Å². The predicted octanol–water partition coefficient (Wildman–Crippen LogP) is 5.04. The Labute approximate surface area is 155 Å². The Bertz CT molecular complexity index is 415. The van der Waals surface area contributed by atoms with Crippen LogP contribution in [0.1, 0.15) is 81.6 Å². The lowest BCUT2D eigenvalue weighted by Gasteiger charge is -2.25. The number of hydrogen-bond donors (Lipinski definition) is 0. The number of carbonyl (C=O) groups excluding carboxylic acids is 2. The third-order valence-electron chi connectivity index (χ3n) is 4.08. The van der Waals surface area contributed by atoms with Gasteiger partial charge in [-0.05, 0) is 51.4 Å². The van der Waals surface area contributed by atoms with Gasteiger partial charge in [-0.2, -0.15) is 0 Å². The molecule has 0 aromatic heterocycles. The summed E-state index contributed by atoms with van der Waals surface area (Å²) in [6.45, 7) is 19.4. The SMILES string of the molecule is C[C@H](C[C@H](C)COC(=O)CC(=O)C(C)(C)C)C[C@@H](C)COC(C)(C)C. The first-order valence-electron chi connectivity index (χ1n) is 9.53. The average Bonchev–Trinajstić information content (AvgIpc) is 2.41. The van der Waals surface area contributed by atoms with E-state index in [-0.39, 0.29) is 17.8 Å². The molecule has 0 aliphatic heterocycles. The fraction of sp³-hybridized carbons (Fsp3) is 0.905. The van der Waals surface area contributed by atoms with Crippen LogP contribution in [-0.2, 0) is 19.1 Å². The van der Waals surface area contributed by atoms with Gasteiger partial charge < -0.3 is 9.47 Å². The minimum atomic E-state index is -0.496. The molecule has 0 fully saturated rings. The second kappa shape index (κ2) is 10.3. The van der Waals surface area contributed by atoms with E-state index in [0.29, 0.717) is 24.4 Å². The molecule has 0 aliphatic rings. The highest BCUT2D eigenvalue weighted by atomic mass is 16.5. The van der Waals surface area contributed by atoms with E-state index in [2.05, 4.69) is 41.5 Å². The lowest BCUT2D eigenvalue weighted by atomic mass is 9.89. The molecule has 3 atom stereocenters. The summed E-state index contributed by atoms with van der Waals surface area (Å²) in [6, 6.07) is 0. The summed E-state index contributed by atoms with van der Waals surface area (Å²) in [5.41, 5.74) is -0.589. The number of rotatable bonds is 10. The van der Waals surface area contributed by atoms with Gasteiger partial charge in [-0.25, -0.2) is 0 Å². The van der Waals surface area contributed by atoms with Crippen LogP contribution in [0.2, 0.25) is 0 Å². The van der Waals surface area contributed by atoms with E-state index in [1.54, 1.807) is 0 Å². The van der Waals surface area contributed by atoms with Gasteiger partial charge >= 0.3 is 5.97 Å². The molecule has 0 saturated carbocycles. The van der Waals surface area contributed by atoms with Crippen molar-refractivity contribution in [1.29, 1.82) is 0 Å². The Morgan fingerprint density at radius 3 is 1.72 bits per heavy atom. The Morgan fingerprint density at radius 2 is 1.28 bits per heavy atom. The van der Waals surface area contributed by atoms with Crippen LogP contribution >= 0.6 is 0 Å². The lowest BCUT2D eigenvalue weighted by Crippen LogP contribution is -2.25. The normalized spacial score (nSPS) is 16.2. The highest BCUT2D eigenvalue weighted by Gasteiger charge is 2.24. The second-order valence-electron chi connectivity index (χ2n) is 9.74. The van der Waals surface area contributed by atoms with Gasteiger partial charge in [0.25, 0.3) is 0 Å². The molecular weight excluding hydrogens is 316 g/mol. The van der Waals surface area contributed by atoms with Crippen molar-refractivity contribution >= 4 is 11.8 Å². The zero-order valence-corrected chi connectivity index (χ0v) is 17.9. The molecule has 0 bridgehead atoms. The van der Waals surface area contributed by atoms with E-state index in [0.717, 1.165) is 19.4 Å². The minimum Gasteiger partial charge on any atom is -0.465 e. The molecule has 148 valence electrons. The summed E-state index contributed by atoms with van der Waals surface area (Å²) >= 11 is 0. The van der Waals surface area contributed by atoms with Crippen LogP contribution in [0.3, 0.4) is 0 Å². The van der Waals surface area contributed by atoms with E-state index >= 15 is 0 Å². The third kappa shape index (κ3) is 13.0. The van der Waals surface area contributed by atoms with Crippen LogP contribution in [0.4, 0.5) is 0 Å². The highest BCUT2D eigenvalue weighted by molar-refractivity contribution is 5.98. The molecule has 0 heterocycles. The summed E-state index contributed by atoms with van der Waals surface area (Å²) in [7, 11) is 0. The molecule has 4 nitrogen and oxygen atoms in total. The van der Waals surface area contributed by atoms with Gasteiger partial charge in [-0.1, -0.05) is 41.5 Å². The average molecular weight is 357 g/mol. The van der Waals surface area contributed by atoms with Gasteiger partial charge in [-0.15, -0.1) is 0 Å². The van der Waals surface area contributed by atoms with Gasteiger partial charge in [0, 0.05) is 12.0 Å². The second-order valence-corrected chi connectivity index (χ2v) is 9.74. The lowest BCUT2D eigenvalue weighted by molar-refractivity contribution is -0.148. The molecule has 0 aliphatic carbocycles. The van der Waals surface area contributed by atoms with Crippen molar-refractivity contribution in [3.63, 3.8) is 0 Å². The quantitative estimate of drug-likeness (QED) is 0.406.